The molecule has 0 atom stereocenters. The highest BCUT2D eigenvalue weighted by atomic mass is 79.9. The van der Waals surface area contributed by atoms with Crippen LogP contribution in [0, 0.1) is 13.8 Å². The number of hydrogen-bond acceptors (Lipinski definition) is 4. The van der Waals surface area contributed by atoms with Crippen LogP contribution in [0.25, 0.3) is 5.69 Å². The van der Waals surface area contributed by atoms with Crippen LogP contribution in [-0.4, -0.2) is 29.5 Å². The van der Waals surface area contributed by atoms with E-state index in [2.05, 4.69) is 15.9 Å². The molecule has 0 bridgehead atoms. The molecule has 144 valence electrons. The lowest BCUT2D eigenvalue weighted by molar-refractivity contribution is -0.144. The molecule has 0 fully saturated rings. The van der Waals surface area contributed by atoms with Crippen molar-refractivity contribution in [1.82, 2.24) is 4.57 Å². The summed E-state index contributed by atoms with van der Waals surface area (Å²) in [5, 5.41) is 0. The molecule has 1 aromatic heterocycles. The van der Waals surface area contributed by atoms with E-state index >= 15 is 0 Å². The first-order valence-electron chi connectivity index (χ1n) is 8.77. The second kappa shape index (κ2) is 8.89. The Kier molecular flexibility index (Phi) is 6.31. The first kappa shape index (κ1) is 19.9. The highest BCUT2D eigenvalue weighted by molar-refractivity contribution is 9.10. The molecule has 0 aliphatic heterocycles. The summed E-state index contributed by atoms with van der Waals surface area (Å²) >= 11 is 3.33. The second-order valence-electron chi connectivity index (χ2n) is 6.28. The van der Waals surface area contributed by atoms with Crippen LogP contribution in [-0.2, 0) is 9.53 Å². The van der Waals surface area contributed by atoms with Gasteiger partial charge >= 0.3 is 5.97 Å². The topological polar surface area (TPSA) is 57.5 Å². The van der Waals surface area contributed by atoms with E-state index in [0.29, 0.717) is 11.3 Å². The molecule has 0 N–H and O–H groups in total. The third-order valence-corrected chi connectivity index (χ3v) is 4.81. The van der Waals surface area contributed by atoms with Crippen molar-refractivity contribution < 1.29 is 19.1 Å². The zero-order chi connectivity index (χ0) is 20.1. The summed E-state index contributed by atoms with van der Waals surface area (Å²) in [5.74, 6) is -0.279. The fourth-order valence-corrected chi connectivity index (χ4v) is 3.22. The predicted octanol–water partition coefficient (Wildman–Crippen LogP) is 4.66. The molecule has 0 aliphatic carbocycles. The molecule has 1 heterocycles. The summed E-state index contributed by atoms with van der Waals surface area (Å²) in [6.07, 6.45) is 0. The minimum Gasteiger partial charge on any atom is -0.482 e. The van der Waals surface area contributed by atoms with Gasteiger partial charge in [-0.2, -0.15) is 0 Å². The van der Waals surface area contributed by atoms with E-state index in [0.717, 1.165) is 21.5 Å². The van der Waals surface area contributed by atoms with Gasteiger partial charge in [0.05, 0.1) is 0 Å². The molecule has 0 aliphatic rings. The molecule has 28 heavy (non-hydrogen) atoms. The van der Waals surface area contributed by atoms with Gasteiger partial charge in [-0.3, -0.25) is 4.79 Å². The van der Waals surface area contributed by atoms with Gasteiger partial charge in [0.25, 0.3) is 0 Å². The Morgan fingerprint density at radius 1 is 0.964 bits per heavy atom. The Labute approximate surface area is 172 Å². The molecule has 0 unspecified atom stereocenters. The monoisotopic (exact) mass is 441 g/mol. The first-order chi connectivity index (χ1) is 13.5. The maximum absolute atomic E-state index is 12.5. The molecule has 0 amide bonds. The van der Waals surface area contributed by atoms with Crippen LogP contribution in [0.15, 0.2) is 65.1 Å². The zero-order valence-electron chi connectivity index (χ0n) is 15.6. The van der Waals surface area contributed by atoms with E-state index < -0.39 is 5.97 Å². The molecule has 6 heteroatoms. The van der Waals surface area contributed by atoms with Gasteiger partial charge in [-0.05, 0) is 56.3 Å². The fourth-order valence-electron chi connectivity index (χ4n) is 2.96. The Bertz CT molecular complexity index is 978. The minimum absolute atomic E-state index is 0.243. The van der Waals surface area contributed by atoms with Gasteiger partial charge in [0.2, 0.25) is 5.78 Å². The Morgan fingerprint density at radius 2 is 1.64 bits per heavy atom. The number of carbonyl (C=O) groups is 2. The number of hydrogen-bond donors (Lipinski definition) is 0. The Balaban J connectivity index is 1.59. The number of rotatable bonds is 7. The van der Waals surface area contributed by atoms with Crippen LogP contribution in [0.1, 0.15) is 21.7 Å². The molecular weight excluding hydrogens is 422 g/mol. The number of para-hydroxylation sites is 1. The van der Waals surface area contributed by atoms with Gasteiger partial charge in [-0.15, -0.1) is 0 Å². The summed E-state index contributed by atoms with van der Waals surface area (Å²) in [4.78, 5) is 24.4. The average Bonchev–Trinajstić information content (AvgIpc) is 3.00. The molecule has 0 spiro atoms. The SMILES string of the molecule is Cc1cc(C(=O)COC(=O)COc2ccc(Br)cc2)c(C)n1-c1ccccc1. The largest absolute Gasteiger partial charge is 0.482 e. The highest BCUT2D eigenvalue weighted by Crippen LogP contribution is 2.21. The van der Waals surface area contributed by atoms with Crippen LogP contribution in [0.5, 0.6) is 5.75 Å². The second-order valence-corrected chi connectivity index (χ2v) is 7.20. The van der Waals surface area contributed by atoms with Crippen molar-refractivity contribution >= 4 is 27.7 Å². The lowest BCUT2D eigenvalue weighted by atomic mass is 10.1. The van der Waals surface area contributed by atoms with Crippen molar-refractivity contribution in [3.63, 3.8) is 0 Å². The lowest BCUT2D eigenvalue weighted by Crippen LogP contribution is -2.19. The molecule has 0 radical (unpaired) electrons. The van der Waals surface area contributed by atoms with Crippen LogP contribution in [0.4, 0.5) is 0 Å². The standard InChI is InChI=1S/C22H20BrNO4/c1-15-12-20(16(2)24(15)18-6-4-3-5-7-18)21(25)13-28-22(26)14-27-19-10-8-17(23)9-11-19/h3-12H,13-14H2,1-2H3. The van der Waals surface area contributed by atoms with E-state index in [-0.39, 0.29) is 19.0 Å². The van der Waals surface area contributed by atoms with Crippen molar-refractivity contribution in [3.8, 4) is 11.4 Å². The Morgan fingerprint density at radius 3 is 2.32 bits per heavy atom. The van der Waals surface area contributed by atoms with Gasteiger partial charge in [0, 0.05) is 27.1 Å². The van der Waals surface area contributed by atoms with Crippen molar-refractivity contribution in [2.45, 2.75) is 13.8 Å². The number of benzene rings is 2. The number of aromatic nitrogens is 1. The molecule has 0 saturated carbocycles. The quantitative estimate of drug-likeness (QED) is 0.395. The van der Waals surface area contributed by atoms with E-state index in [9.17, 15) is 9.59 Å². The van der Waals surface area contributed by atoms with Crippen LogP contribution in [0.3, 0.4) is 0 Å². The van der Waals surface area contributed by atoms with E-state index in [1.54, 1.807) is 12.1 Å². The predicted molar refractivity (Wildman–Crippen MR) is 110 cm³/mol. The van der Waals surface area contributed by atoms with Gasteiger partial charge in [0.15, 0.2) is 13.2 Å². The average molecular weight is 442 g/mol. The third-order valence-electron chi connectivity index (χ3n) is 4.28. The van der Waals surface area contributed by atoms with Crippen LogP contribution < -0.4 is 4.74 Å². The Hall–Kier alpha value is -2.86. The molecular formula is C22H20BrNO4. The number of esters is 1. The number of ether oxygens (including phenoxy) is 2. The van der Waals surface area contributed by atoms with Gasteiger partial charge in [0.1, 0.15) is 5.75 Å². The zero-order valence-corrected chi connectivity index (χ0v) is 17.2. The van der Waals surface area contributed by atoms with E-state index in [4.69, 9.17) is 9.47 Å². The fraction of sp³-hybridized carbons (Fsp3) is 0.182. The lowest BCUT2D eigenvalue weighted by Gasteiger charge is -2.10. The van der Waals surface area contributed by atoms with Crippen LogP contribution in [0.2, 0.25) is 0 Å². The van der Waals surface area contributed by atoms with Crippen molar-refractivity contribution in [2.24, 2.45) is 0 Å². The number of halogens is 1. The molecule has 0 saturated heterocycles. The normalized spacial score (nSPS) is 10.5. The number of nitrogens with zero attached hydrogens (tertiary/aromatic N) is 1. The van der Waals surface area contributed by atoms with Gasteiger partial charge in [-0.25, -0.2) is 4.79 Å². The number of aryl methyl sites for hydroxylation is 1. The first-order valence-corrected chi connectivity index (χ1v) is 9.56. The van der Waals surface area contributed by atoms with Crippen molar-refractivity contribution in [2.75, 3.05) is 13.2 Å². The minimum atomic E-state index is -0.590. The molecule has 3 aromatic rings. The molecule has 5 nitrogen and oxygen atoms in total. The van der Waals surface area contributed by atoms with Crippen molar-refractivity contribution in [1.29, 1.82) is 0 Å². The van der Waals surface area contributed by atoms with Crippen molar-refractivity contribution in [3.05, 3.63) is 82.1 Å². The summed E-state index contributed by atoms with van der Waals surface area (Å²) in [6, 6.07) is 18.7. The summed E-state index contributed by atoms with van der Waals surface area (Å²) in [7, 11) is 0. The van der Waals surface area contributed by atoms with Gasteiger partial charge in [-0.1, -0.05) is 34.1 Å². The summed E-state index contributed by atoms with van der Waals surface area (Å²) < 4.78 is 13.4. The summed E-state index contributed by atoms with van der Waals surface area (Å²) in [6.45, 7) is 3.25. The molecule has 3 rings (SSSR count). The highest BCUT2D eigenvalue weighted by Gasteiger charge is 2.18. The van der Waals surface area contributed by atoms with Crippen LogP contribution >= 0.6 is 15.9 Å². The smallest absolute Gasteiger partial charge is 0.344 e. The van der Waals surface area contributed by atoms with E-state index in [1.165, 1.54) is 0 Å². The van der Waals surface area contributed by atoms with Gasteiger partial charge < -0.3 is 14.0 Å². The number of Topliss-reactive ketones (excluding diaryl/α,β-unsaturated/α-hetero) is 1. The summed E-state index contributed by atoms with van der Waals surface area (Å²) in [5.41, 5.74) is 3.28. The maximum Gasteiger partial charge on any atom is 0.344 e. The number of ketones is 1. The number of carbonyl (C=O) groups excluding carboxylic acids is 2. The van der Waals surface area contributed by atoms with E-state index in [1.807, 2.05) is 66.9 Å². The third kappa shape index (κ3) is 4.70. The molecule has 2 aromatic carbocycles. The maximum atomic E-state index is 12.5.